The molecule has 1 amide bonds. The van der Waals surface area contributed by atoms with E-state index in [-0.39, 0.29) is 17.4 Å². The van der Waals surface area contributed by atoms with Crippen LogP contribution in [0.5, 0.6) is 0 Å². The molecule has 0 atom stereocenters. The quantitative estimate of drug-likeness (QED) is 0.822. The van der Waals surface area contributed by atoms with Crippen molar-refractivity contribution in [1.29, 1.82) is 0 Å². The third-order valence-electron chi connectivity index (χ3n) is 2.36. The van der Waals surface area contributed by atoms with Gasteiger partial charge in [-0.15, -0.1) is 0 Å². The molecule has 0 spiro atoms. The SMILES string of the molecule is CC(C)C(=O)NC(C)(C)c1ccncc1. The topological polar surface area (TPSA) is 42.0 Å². The molecular formula is C12H18N2O. The lowest BCUT2D eigenvalue weighted by atomic mass is 9.94. The van der Waals surface area contributed by atoms with Crippen LogP contribution in [-0.4, -0.2) is 10.9 Å². The van der Waals surface area contributed by atoms with Crippen LogP contribution < -0.4 is 5.32 Å². The smallest absolute Gasteiger partial charge is 0.223 e. The van der Waals surface area contributed by atoms with Crippen molar-refractivity contribution in [3.63, 3.8) is 0 Å². The molecule has 0 bridgehead atoms. The monoisotopic (exact) mass is 206 g/mol. The maximum absolute atomic E-state index is 11.6. The molecule has 3 nitrogen and oxygen atoms in total. The number of rotatable bonds is 3. The first kappa shape index (κ1) is 11.7. The van der Waals surface area contributed by atoms with Gasteiger partial charge in [0.2, 0.25) is 5.91 Å². The lowest BCUT2D eigenvalue weighted by Gasteiger charge is -2.27. The Labute approximate surface area is 90.9 Å². The Morgan fingerprint density at radius 3 is 2.33 bits per heavy atom. The first-order valence-electron chi connectivity index (χ1n) is 5.16. The second-order valence-electron chi connectivity index (χ2n) is 4.50. The summed E-state index contributed by atoms with van der Waals surface area (Å²) in [5, 5.41) is 3.01. The molecule has 0 aliphatic rings. The Bertz CT molecular complexity index is 331. The zero-order chi connectivity index (χ0) is 11.5. The summed E-state index contributed by atoms with van der Waals surface area (Å²) < 4.78 is 0. The average molecular weight is 206 g/mol. The summed E-state index contributed by atoms with van der Waals surface area (Å²) in [5.41, 5.74) is 0.719. The number of amides is 1. The summed E-state index contributed by atoms with van der Waals surface area (Å²) >= 11 is 0. The zero-order valence-corrected chi connectivity index (χ0v) is 9.74. The van der Waals surface area contributed by atoms with Crippen molar-refractivity contribution in [1.82, 2.24) is 10.3 Å². The maximum atomic E-state index is 11.6. The van der Waals surface area contributed by atoms with Crippen molar-refractivity contribution in [3.05, 3.63) is 30.1 Å². The minimum absolute atomic E-state index is 0.00566. The highest BCUT2D eigenvalue weighted by Gasteiger charge is 2.23. The number of carbonyl (C=O) groups is 1. The summed E-state index contributed by atoms with van der Waals surface area (Å²) in [6.07, 6.45) is 3.47. The molecule has 3 heteroatoms. The summed E-state index contributed by atoms with van der Waals surface area (Å²) in [6.45, 7) is 7.75. The van der Waals surface area contributed by atoms with E-state index in [0.29, 0.717) is 0 Å². The van der Waals surface area contributed by atoms with Gasteiger partial charge in [0, 0.05) is 18.3 Å². The van der Waals surface area contributed by atoms with Gasteiger partial charge in [-0.1, -0.05) is 13.8 Å². The molecule has 0 fully saturated rings. The Hall–Kier alpha value is -1.38. The van der Waals surface area contributed by atoms with Gasteiger partial charge < -0.3 is 5.32 Å². The van der Waals surface area contributed by atoms with E-state index in [0.717, 1.165) is 5.56 Å². The largest absolute Gasteiger partial charge is 0.347 e. The molecule has 1 aromatic rings. The van der Waals surface area contributed by atoms with Gasteiger partial charge in [0.15, 0.2) is 0 Å². The molecule has 82 valence electrons. The highest BCUT2D eigenvalue weighted by atomic mass is 16.2. The third-order valence-corrected chi connectivity index (χ3v) is 2.36. The van der Waals surface area contributed by atoms with Gasteiger partial charge in [-0.3, -0.25) is 9.78 Å². The van der Waals surface area contributed by atoms with E-state index in [2.05, 4.69) is 10.3 Å². The number of nitrogens with one attached hydrogen (secondary N) is 1. The number of pyridine rings is 1. The van der Waals surface area contributed by atoms with Crippen LogP contribution in [0.15, 0.2) is 24.5 Å². The fourth-order valence-electron chi connectivity index (χ4n) is 1.29. The predicted molar refractivity (Wildman–Crippen MR) is 60.2 cm³/mol. The number of nitrogens with zero attached hydrogens (tertiary/aromatic N) is 1. The lowest BCUT2D eigenvalue weighted by molar-refractivity contribution is -0.125. The van der Waals surface area contributed by atoms with Crippen molar-refractivity contribution >= 4 is 5.91 Å². The number of carbonyl (C=O) groups excluding carboxylic acids is 1. The Kier molecular flexibility index (Phi) is 3.45. The van der Waals surface area contributed by atoms with Crippen molar-refractivity contribution in [3.8, 4) is 0 Å². The minimum Gasteiger partial charge on any atom is -0.347 e. The van der Waals surface area contributed by atoms with E-state index in [1.54, 1.807) is 12.4 Å². The van der Waals surface area contributed by atoms with E-state index in [1.165, 1.54) is 0 Å². The molecule has 1 N–H and O–H groups in total. The van der Waals surface area contributed by atoms with Crippen LogP contribution in [0, 0.1) is 5.92 Å². The van der Waals surface area contributed by atoms with Gasteiger partial charge in [0.05, 0.1) is 5.54 Å². The normalized spacial score (nSPS) is 11.5. The van der Waals surface area contributed by atoms with Gasteiger partial charge in [0.25, 0.3) is 0 Å². The van der Waals surface area contributed by atoms with Crippen LogP contribution in [0.4, 0.5) is 0 Å². The molecule has 1 rings (SSSR count). The molecule has 1 aromatic heterocycles. The predicted octanol–water partition coefficient (Wildman–Crippen LogP) is 2.09. The van der Waals surface area contributed by atoms with Crippen LogP contribution in [0.3, 0.4) is 0 Å². The Balaban J connectivity index is 2.80. The molecule has 0 radical (unpaired) electrons. The van der Waals surface area contributed by atoms with Crippen LogP contribution in [0.25, 0.3) is 0 Å². The van der Waals surface area contributed by atoms with E-state index >= 15 is 0 Å². The van der Waals surface area contributed by atoms with E-state index in [4.69, 9.17) is 0 Å². The molecule has 0 aromatic carbocycles. The number of hydrogen-bond acceptors (Lipinski definition) is 2. The fourth-order valence-corrected chi connectivity index (χ4v) is 1.29. The van der Waals surface area contributed by atoms with Crippen molar-refractivity contribution in [2.75, 3.05) is 0 Å². The number of hydrogen-bond donors (Lipinski definition) is 1. The molecule has 15 heavy (non-hydrogen) atoms. The van der Waals surface area contributed by atoms with Gasteiger partial charge in [-0.05, 0) is 31.5 Å². The van der Waals surface area contributed by atoms with Gasteiger partial charge >= 0.3 is 0 Å². The van der Waals surface area contributed by atoms with Crippen LogP contribution in [0.1, 0.15) is 33.3 Å². The summed E-state index contributed by atoms with van der Waals surface area (Å²) in [6, 6.07) is 3.83. The first-order valence-corrected chi connectivity index (χ1v) is 5.16. The highest BCUT2D eigenvalue weighted by Crippen LogP contribution is 2.19. The van der Waals surface area contributed by atoms with E-state index in [9.17, 15) is 4.79 Å². The highest BCUT2D eigenvalue weighted by molar-refractivity contribution is 5.78. The van der Waals surface area contributed by atoms with E-state index < -0.39 is 0 Å². The first-order chi connectivity index (χ1) is 6.93. The fraction of sp³-hybridized carbons (Fsp3) is 0.500. The Morgan fingerprint density at radius 1 is 1.33 bits per heavy atom. The van der Waals surface area contributed by atoms with Gasteiger partial charge in [0.1, 0.15) is 0 Å². The van der Waals surface area contributed by atoms with Gasteiger partial charge in [-0.25, -0.2) is 0 Å². The average Bonchev–Trinajstić information content (AvgIpc) is 2.18. The second-order valence-corrected chi connectivity index (χ2v) is 4.50. The Morgan fingerprint density at radius 2 is 1.87 bits per heavy atom. The molecule has 1 heterocycles. The molecule has 0 aliphatic heterocycles. The molecule has 0 saturated heterocycles. The van der Waals surface area contributed by atoms with Crippen LogP contribution >= 0.6 is 0 Å². The summed E-state index contributed by atoms with van der Waals surface area (Å²) in [4.78, 5) is 15.6. The molecular weight excluding hydrogens is 188 g/mol. The summed E-state index contributed by atoms with van der Waals surface area (Å²) in [5.74, 6) is 0.0722. The molecule has 0 saturated carbocycles. The van der Waals surface area contributed by atoms with E-state index in [1.807, 2.05) is 39.8 Å². The van der Waals surface area contributed by atoms with Crippen molar-refractivity contribution < 1.29 is 4.79 Å². The van der Waals surface area contributed by atoms with Crippen LogP contribution in [0.2, 0.25) is 0 Å². The van der Waals surface area contributed by atoms with Crippen LogP contribution in [-0.2, 0) is 10.3 Å². The van der Waals surface area contributed by atoms with Crippen molar-refractivity contribution in [2.45, 2.75) is 33.2 Å². The molecule has 0 aliphatic carbocycles. The standard InChI is InChI=1S/C12H18N2O/c1-9(2)11(15)14-12(3,4)10-5-7-13-8-6-10/h5-9H,1-4H3,(H,14,15). The van der Waals surface area contributed by atoms with Crippen molar-refractivity contribution in [2.24, 2.45) is 5.92 Å². The number of aromatic nitrogens is 1. The second kappa shape index (κ2) is 4.43. The minimum atomic E-state index is -0.343. The summed E-state index contributed by atoms with van der Waals surface area (Å²) in [7, 11) is 0. The third kappa shape index (κ3) is 3.05. The zero-order valence-electron chi connectivity index (χ0n) is 9.74. The maximum Gasteiger partial charge on any atom is 0.223 e. The molecule has 0 unspecified atom stereocenters. The van der Waals surface area contributed by atoms with Gasteiger partial charge in [-0.2, -0.15) is 0 Å². The lowest BCUT2D eigenvalue weighted by Crippen LogP contribution is -2.42.